The predicted octanol–water partition coefficient (Wildman–Crippen LogP) is 1.99. The molecule has 1 aromatic rings. The van der Waals surface area contributed by atoms with Gasteiger partial charge >= 0.3 is 0 Å². The SMILES string of the molecule is CCCCC[C@@H](C)CNC(=S)NNC(=O)CN1C(=O)c2ccccc2C1=O. The number of nitrogens with zero attached hydrogens (tertiary/aromatic N) is 1. The molecule has 1 atom stereocenters. The van der Waals surface area contributed by atoms with Gasteiger partial charge in [-0.05, 0) is 36.7 Å². The molecule has 0 radical (unpaired) electrons. The van der Waals surface area contributed by atoms with E-state index in [0.717, 1.165) is 11.3 Å². The number of hydrazine groups is 1. The van der Waals surface area contributed by atoms with E-state index in [1.165, 1.54) is 19.3 Å². The van der Waals surface area contributed by atoms with E-state index in [9.17, 15) is 14.4 Å². The molecule has 1 aromatic carbocycles. The summed E-state index contributed by atoms with van der Waals surface area (Å²) < 4.78 is 0. The molecule has 1 aliphatic heterocycles. The van der Waals surface area contributed by atoms with Gasteiger partial charge in [-0.15, -0.1) is 0 Å². The van der Waals surface area contributed by atoms with Crippen molar-refractivity contribution in [3.05, 3.63) is 35.4 Å². The normalized spacial score (nSPS) is 13.9. The maximum atomic E-state index is 12.2. The Hall–Kier alpha value is -2.48. The van der Waals surface area contributed by atoms with Crippen LogP contribution in [0.1, 0.15) is 60.2 Å². The molecule has 0 unspecified atom stereocenters. The van der Waals surface area contributed by atoms with Crippen molar-refractivity contribution in [3.63, 3.8) is 0 Å². The molecule has 0 saturated heterocycles. The number of thiocarbonyl (C=S) groups is 1. The highest BCUT2D eigenvalue weighted by Crippen LogP contribution is 2.21. The van der Waals surface area contributed by atoms with Crippen LogP contribution in [0.15, 0.2) is 24.3 Å². The Morgan fingerprint density at radius 2 is 1.74 bits per heavy atom. The monoisotopic (exact) mass is 390 g/mol. The average Bonchev–Trinajstić information content (AvgIpc) is 2.90. The highest BCUT2D eigenvalue weighted by molar-refractivity contribution is 7.80. The van der Waals surface area contributed by atoms with Crippen LogP contribution in [0, 0.1) is 5.92 Å². The Bertz CT molecular complexity index is 688. The van der Waals surface area contributed by atoms with E-state index in [4.69, 9.17) is 12.2 Å². The van der Waals surface area contributed by atoms with Crippen molar-refractivity contribution in [2.45, 2.75) is 39.5 Å². The Morgan fingerprint density at radius 1 is 1.11 bits per heavy atom. The fourth-order valence-electron chi connectivity index (χ4n) is 2.85. The fourth-order valence-corrected chi connectivity index (χ4v) is 2.98. The Balaban J connectivity index is 1.71. The van der Waals surface area contributed by atoms with Crippen LogP contribution in [0.3, 0.4) is 0 Å². The van der Waals surface area contributed by atoms with Gasteiger partial charge in [0.25, 0.3) is 17.7 Å². The molecular weight excluding hydrogens is 364 g/mol. The second-order valence-corrected chi connectivity index (χ2v) is 7.13. The number of carbonyl (C=O) groups excluding carboxylic acids is 3. The largest absolute Gasteiger partial charge is 0.361 e. The van der Waals surface area contributed by atoms with E-state index in [-0.39, 0.29) is 6.54 Å². The number of unbranched alkanes of at least 4 members (excludes halogenated alkanes) is 2. The van der Waals surface area contributed by atoms with E-state index >= 15 is 0 Å². The number of benzene rings is 1. The number of amides is 3. The van der Waals surface area contributed by atoms with Crippen molar-refractivity contribution in [1.29, 1.82) is 0 Å². The smallest absolute Gasteiger partial charge is 0.262 e. The Labute approximate surface area is 164 Å². The molecule has 1 heterocycles. The number of imide groups is 1. The molecule has 0 saturated carbocycles. The maximum Gasteiger partial charge on any atom is 0.262 e. The number of hydrogen-bond acceptors (Lipinski definition) is 4. The minimum Gasteiger partial charge on any atom is -0.361 e. The van der Waals surface area contributed by atoms with Crippen molar-refractivity contribution in [2.75, 3.05) is 13.1 Å². The predicted molar refractivity (Wildman–Crippen MR) is 107 cm³/mol. The number of hydrogen-bond donors (Lipinski definition) is 3. The summed E-state index contributed by atoms with van der Waals surface area (Å²) >= 11 is 5.13. The van der Waals surface area contributed by atoms with Gasteiger partial charge in [0.1, 0.15) is 6.54 Å². The third-order valence-corrected chi connectivity index (χ3v) is 4.65. The molecule has 0 aliphatic carbocycles. The van der Waals surface area contributed by atoms with Gasteiger partial charge in [0, 0.05) is 6.54 Å². The van der Waals surface area contributed by atoms with Gasteiger partial charge in [0.15, 0.2) is 5.11 Å². The van der Waals surface area contributed by atoms with E-state index in [1.54, 1.807) is 24.3 Å². The summed E-state index contributed by atoms with van der Waals surface area (Å²) in [5.41, 5.74) is 5.65. The summed E-state index contributed by atoms with van der Waals surface area (Å²) in [6.45, 7) is 4.66. The van der Waals surface area contributed by atoms with Crippen molar-refractivity contribution in [3.8, 4) is 0 Å². The Kier molecular flexibility index (Phi) is 7.72. The zero-order chi connectivity index (χ0) is 19.8. The molecule has 146 valence electrons. The molecule has 1 aliphatic rings. The van der Waals surface area contributed by atoms with Crippen molar-refractivity contribution < 1.29 is 14.4 Å². The fraction of sp³-hybridized carbons (Fsp3) is 0.474. The van der Waals surface area contributed by atoms with Gasteiger partial charge < -0.3 is 5.32 Å². The van der Waals surface area contributed by atoms with Crippen LogP contribution in [-0.4, -0.2) is 40.8 Å². The van der Waals surface area contributed by atoms with Crippen LogP contribution >= 0.6 is 12.2 Å². The summed E-state index contributed by atoms with van der Waals surface area (Å²) in [6, 6.07) is 6.52. The first kappa shape index (κ1) is 20.8. The number of nitrogens with one attached hydrogen (secondary N) is 3. The number of fused-ring (bicyclic) bond motifs is 1. The molecule has 0 aromatic heterocycles. The molecule has 27 heavy (non-hydrogen) atoms. The first-order valence-corrected chi connectivity index (χ1v) is 9.62. The minimum atomic E-state index is -0.523. The molecule has 0 spiro atoms. The standard InChI is InChI=1S/C19H26N4O3S/c1-3-4-5-8-13(2)11-20-19(27)22-21-16(24)12-23-17(25)14-9-6-7-10-15(14)18(23)26/h6-7,9-10,13H,3-5,8,11-12H2,1-2H3,(H,21,24)(H2,20,22,27)/t13-/m1/s1. The summed E-state index contributed by atoms with van der Waals surface area (Å²) in [6.07, 6.45) is 4.73. The van der Waals surface area contributed by atoms with Crippen LogP contribution in [0.2, 0.25) is 0 Å². The highest BCUT2D eigenvalue weighted by atomic mass is 32.1. The second kappa shape index (κ2) is 10.0. The van der Waals surface area contributed by atoms with Crippen molar-refractivity contribution in [1.82, 2.24) is 21.1 Å². The van der Waals surface area contributed by atoms with Gasteiger partial charge in [-0.1, -0.05) is 45.2 Å². The van der Waals surface area contributed by atoms with Crippen LogP contribution in [-0.2, 0) is 4.79 Å². The van der Waals surface area contributed by atoms with Gasteiger partial charge in [0.2, 0.25) is 0 Å². The summed E-state index contributed by atoms with van der Waals surface area (Å²) in [7, 11) is 0. The lowest BCUT2D eigenvalue weighted by Gasteiger charge is -2.17. The topological polar surface area (TPSA) is 90.5 Å². The molecule has 0 bridgehead atoms. The lowest BCUT2D eigenvalue weighted by Crippen LogP contribution is -2.51. The van der Waals surface area contributed by atoms with Gasteiger partial charge in [-0.3, -0.25) is 30.1 Å². The third kappa shape index (κ3) is 5.75. The third-order valence-electron chi connectivity index (χ3n) is 4.41. The molecule has 3 amide bonds. The molecule has 3 N–H and O–H groups in total. The van der Waals surface area contributed by atoms with Crippen LogP contribution < -0.4 is 16.2 Å². The number of rotatable bonds is 8. The summed E-state index contributed by atoms with van der Waals surface area (Å²) in [5.74, 6) is -0.977. The summed E-state index contributed by atoms with van der Waals surface area (Å²) in [5, 5.41) is 3.35. The van der Waals surface area contributed by atoms with E-state index in [1.807, 2.05) is 0 Å². The van der Waals surface area contributed by atoms with Crippen LogP contribution in [0.25, 0.3) is 0 Å². The lowest BCUT2D eigenvalue weighted by atomic mass is 10.0. The van der Waals surface area contributed by atoms with E-state index in [2.05, 4.69) is 30.0 Å². The van der Waals surface area contributed by atoms with Crippen LogP contribution in [0.4, 0.5) is 0 Å². The van der Waals surface area contributed by atoms with Crippen molar-refractivity contribution >= 4 is 35.1 Å². The average molecular weight is 391 g/mol. The quantitative estimate of drug-likeness (QED) is 0.272. The highest BCUT2D eigenvalue weighted by Gasteiger charge is 2.36. The second-order valence-electron chi connectivity index (χ2n) is 6.73. The minimum absolute atomic E-state index is 0.299. The van der Waals surface area contributed by atoms with Gasteiger partial charge in [-0.25, -0.2) is 0 Å². The maximum absolute atomic E-state index is 12.2. The van der Waals surface area contributed by atoms with Crippen LogP contribution in [0.5, 0.6) is 0 Å². The molecular formula is C19H26N4O3S. The lowest BCUT2D eigenvalue weighted by molar-refractivity contribution is -0.122. The zero-order valence-corrected chi connectivity index (χ0v) is 16.5. The summed E-state index contributed by atoms with van der Waals surface area (Å²) in [4.78, 5) is 37.4. The molecule has 7 nitrogen and oxygen atoms in total. The van der Waals surface area contributed by atoms with Crippen molar-refractivity contribution in [2.24, 2.45) is 5.92 Å². The molecule has 2 rings (SSSR count). The van der Waals surface area contributed by atoms with Gasteiger partial charge in [-0.2, -0.15) is 0 Å². The first-order chi connectivity index (χ1) is 12.9. The number of carbonyl (C=O) groups is 3. The van der Waals surface area contributed by atoms with Gasteiger partial charge in [0.05, 0.1) is 11.1 Å². The Morgan fingerprint density at radius 3 is 2.33 bits per heavy atom. The van der Waals surface area contributed by atoms with E-state index < -0.39 is 17.7 Å². The molecule has 0 fully saturated rings. The van der Waals surface area contributed by atoms with E-state index in [0.29, 0.717) is 28.7 Å². The zero-order valence-electron chi connectivity index (χ0n) is 15.7. The molecule has 8 heteroatoms. The first-order valence-electron chi connectivity index (χ1n) is 9.22.